The maximum Gasteiger partial charge on any atom is 0.267 e. The minimum Gasteiger partial charge on any atom is -0.385 e. The number of rotatable bonds is 11. The summed E-state index contributed by atoms with van der Waals surface area (Å²) in [6.45, 7) is 2.56. The van der Waals surface area contributed by atoms with Crippen molar-refractivity contribution in [2.24, 2.45) is 0 Å². The van der Waals surface area contributed by atoms with Gasteiger partial charge in [-0.15, -0.1) is 0 Å². The predicted octanol–water partition coefficient (Wildman–Crippen LogP) is 5.56. The normalized spacial score (nSPS) is 11.2. The highest BCUT2D eigenvalue weighted by molar-refractivity contribution is 5.99. The predicted molar refractivity (Wildman–Crippen MR) is 148 cm³/mol. The molecule has 0 spiro atoms. The van der Waals surface area contributed by atoms with Gasteiger partial charge in [-0.1, -0.05) is 72.8 Å². The van der Waals surface area contributed by atoms with Crippen molar-refractivity contribution in [1.29, 1.82) is 0 Å². The van der Waals surface area contributed by atoms with Crippen molar-refractivity contribution in [2.75, 3.05) is 20.3 Å². The molecule has 5 aromatic rings. The molecule has 0 aliphatic carbocycles. The number of methoxy groups -OCH3 is 1. The topological polar surface area (TPSA) is 61.1 Å². The number of carbonyl (C=O) groups excluding carboxylic acids is 1. The number of imidazole rings is 1. The van der Waals surface area contributed by atoms with E-state index >= 15 is 0 Å². The lowest BCUT2D eigenvalue weighted by atomic mass is 10.0. The lowest BCUT2D eigenvalue weighted by Crippen LogP contribution is -2.27. The number of amides is 1. The highest BCUT2D eigenvalue weighted by atomic mass is 16.5. The molecule has 0 aliphatic rings. The van der Waals surface area contributed by atoms with Gasteiger partial charge in [0.25, 0.3) is 5.91 Å². The molecular formula is C31H32N4O2. The first-order valence-electron chi connectivity index (χ1n) is 12.7. The Kier molecular flexibility index (Phi) is 7.77. The van der Waals surface area contributed by atoms with Gasteiger partial charge in [0.1, 0.15) is 5.69 Å². The number of hydrogen-bond acceptors (Lipinski definition) is 3. The summed E-state index contributed by atoms with van der Waals surface area (Å²) in [5, 5.41) is 5.40. The van der Waals surface area contributed by atoms with Gasteiger partial charge in [0.05, 0.1) is 18.6 Å². The molecule has 6 heteroatoms. The van der Waals surface area contributed by atoms with E-state index in [9.17, 15) is 4.79 Å². The number of nitrogens with one attached hydrogen (secondary N) is 1. The first kappa shape index (κ1) is 24.5. The van der Waals surface area contributed by atoms with Crippen molar-refractivity contribution in [1.82, 2.24) is 19.4 Å². The van der Waals surface area contributed by atoms with Crippen molar-refractivity contribution < 1.29 is 9.53 Å². The molecule has 0 saturated carbocycles. The van der Waals surface area contributed by atoms with Gasteiger partial charge in [-0.05, 0) is 40.8 Å². The van der Waals surface area contributed by atoms with Gasteiger partial charge in [0.2, 0.25) is 0 Å². The third-order valence-corrected chi connectivity index (χ3v) is 6.66. The van der Waals surface area contributed by atoms with E-state index in [0.29, 0.717) is 25.4 Å². The summed E-state index contributed by atoms with van der Waals surface area (Å²) in [5.41, 5.74) is 5.12. The van der Waals surface area contributed by atoms with Crippen LogP contribution >= 0.6 is 0 Å². The zero-order chi connectivity index (χ0) is 25.5. The SMILES string of the molecule is COCCCNC(=O)c1cc(-c2cccc3ccccc23)cn1Cc1cncn1CCc1ccccc1. The van der Waals surface area contributed by atoms with Crippen LogP contribution in [-0.2, 0) is 24.2 Å². The molecular weight excluding hydrogens is 460 g/mol. The largest absolute Gasteiger partial charge is 0.385 e. The molecule has 0 radical (unpaired) electrons. The molecule has 5 rings (SSSR count). The van der Waals surface area contributed by atoms with Crippen LogP contribution in [0, 0.1) is 0 Å². The molecule has 3 aromatic carbocycles. The van der Waals surface area contributed by atoms with Gasteiger partial charge in [0.15, 0.2) is 0 Å². The molecule has 2 aromatic heterocycles. The Balaban J connectivity index is 1.44. The third-order valence-electron chi connectivity index (χ3n) is 6.66. The van der Waals surface area contributed by atoms with Crippen LogP contribution in [0.15, 0.2) is 97.6 Å². The fourth-order valence-corrected chi connectivity index (χ4v) is 4.72. The van der Waals surface area contributed by atoms with Crippen LogP contribution in [0.1, 0.15) is 28.2 Å². The maximum absolute atomic E-state index is 13.3. The first-order chi connectivity index (χ1) is 18.2. The van der Waals surface area contributed by atoms with Crippen LogP contribution in [0.2, 0.25) is 0 Å². The van der Waals surface area contributed by atoms with E-state index in [1.165, 1.54) is 16.3 Å². The number of hydrogen-bond donors (Lipinski definition) is 1. The van der Waals surface area contributed by atoms with Crippen LogP contribution in [0.5, 0.6) is 0 Å². The smallest absolute Gasteiger partial charge is 0.267 e. The zero-order valence-corrected chi connectivity index (χ0v) is 21.1. The summed E-state index contributed by atoms with van der Waals surface area (Å²) in [6.07, 6.45) is 7.54. The summed E-state index contributed by atoms with van der Waals surface area (Å²) in [7, 11) is 1.67. The van der Waals surface area contributed by atoms with Crippen molar-refractivity contribution in [3.8, 4) is 11.1 Å². The lowest BCUT2D eigenvalue weighted by Gasteiger charge is -2.12. The summed E-state index contributed by atoms with van der Waals surface area (Å²) in [4.78, 5) is 17.7. The van der Waals surface area contributed by atoms with E-state index in [1.807, 2.05) is 35.3 Å². The molecule has 188 valence electrons. The lowest BCUT2D eigenvalue weighted by molar-refractivity contribution is 0.0939. The second kappa shape index (κ2) is 11.7. The molecule has 0 fully saturated rings. The Bertz CT molecular complexity index is 1460. The van der Waals surface area contributed by atoms with E-state index in [-0.39, 0.29) is 5.91 Å². The van der Waals surface area contributed by atoms with Crippen LogP contribution in [-0.4, -0.2) is 40.3 Å². The Labute approximate surface area is 217 Å². The van der Waals surface area contributed by atoms with E-state index in [0.717, 1.165) is 36.2 Å². The monoisotopic (exact) mass is 492 g/mol. The maximum atomic E-state index is 13.3. The average Bonchev–Trinajstić information content (AvgIpc) is 3.57. The second-order valence-electron chi connectivity index (χ2n) is 9.18. The number of fused-ring (bicyclic) bond motifs is 1. The number of carbonyl (C=O) groups is 1. The fraction of sp³-hybridized carbons (Fsp3) is 0.226. The standard InChI is InChI=1S/C31H32N4O2/c1-37-18-8-16-33-31(36)30-19-26(29-14-7-12-25-11-5-6-13-28(25)29)21-35(30)22-27-20-32-23-34(27)17-15-24-9-3-2-4-10-24/h2-7,9-14,19-21,23H,8,15-18,22H2,1H3,(H,33,36). The number of aryl methyl sites for hydroxylation is 2. The number of benzene rings is 3. The van der Waals surface area contributed by atoms with Gasteiger partial charge in [0, 0.05) is 44.8 Å². The highest BCUT2D eigenvalue weighted by Gasteiger charge is 2.17. The van der Waals surface area contributed by atoms with E-state index < -0.39 is 0 Å². The first-order valence-corrected chi connectivity index (χ1v) is 12.7. The molecule has 0 bridgehead atoms. The fourth-order valence-electron chi connectivity index (χ4n) is 4.72. The molecule has 1 N–H and O–H groups in total. The summed E-state index contributed by atoms with van der Waals surface area (Å²) < 4.78 is 9.34. The third kappa shape index (κ3) is 5.81. The van der Waals surface area contributed by atoms with Crippen molar-refractivity contribution in [2.45, 2.75) is 25.9 Å². The molecule has 0 aliphatic heterocycles. The van der Waals surface area contributed by atoms with Gasteiger partial charge in [-0.25, -0.2) is 4.98 Å². The van der Waals surface area contributed by atoms with Crippen LogP contribution in [0.25, 0.3) is 21.9 Å². The average molecular weight is 493 g/mol. The second-order valence-corrected chi connectivity index (χ2v) is 9.18. The van der Waals surface area contributed by atoms with E-state index in [4.69, 9.17) is 4.74 Å². The Morgan fingerprint density at radius 2 is 1.78 bits per heavy atom. The molecule has 37 heavy (non-hydrogen) atoms. The summed E-state index contributed by atoms with van der Waals surface area (Å²) in [5.74, 6) is -0.0852. The molecule has 2 heterocycles. The Morgan fingerprint density at radius 1 is 0.973 bits per heavy atom. The van der Waals surface area contributed by atoms with Crippen molar-refractivity contribution in [3.63, 3.8) is 0 Å². The molecule has 0 atom stereocenters. The Morgan fingerprint density at radius 3 is 2.65 bits per heavy atom. The quantitative estimate of drug-likeness (QED) is 0.246. The number of nitrogens with zero attached hydrogens (tertiary/aromatic N) is 3. The van der Waals surface area contributed by atoms with Gasteiger partial charge < -0.3 is 19.2 Å². The molecule has 6 nitrogen and oxygen atoms in total. The minimum atomic E-state index is -0.0852. The highest BCUT2D eigenvalue weighted by Crippen LogP contribution is 2.30. The summed E-state index contributed by atoms with van der Waals surface area (Å²) in [6, 6.07) is 27.1. The molecule has 1 amide bonds. The van der Waals surface area contributed by atoms with Crippen LogP contribution < -0.4 is 5.32 Å². The van der Waals surface area contributed by atoms with Crippen LogP contribution in [0.3, 0.4) is 0 Å². The zero-order valence-electron chi connectivity index (χ0n) is 21.1. The number of aromatic nitrogens is 3. The van der Waals surface area contributed by atoms with E-state index in [2.05, 4.69) is 81.7 Å². The minimum absolute atomic E-state index is 0.0852. The van der Waals surface area contributed by atoms with Crippen molar-refractivity contribution in [3.05, 3.63) is 115 Å². The van der Waals surface area contributed by atoms with Crippen LogP contribution in [0.4, 0.5) is 0 Å². The molecule has 0 saturated heterocycles. The van der Waals surface area contributed by atoms with Gasteiger partial charge in [-0.3, -0.25) is 4.79 Å². The van der Waals surface area contributed by atoms with Gasteiger partial charge in [-0.2, -0.15) is 0 Å². The van der Waals surface area contributed by atoms with Gasteiger partial charge >= 0.3 is 0 Å². The van der Waals surface area contributed by atoms with E-state index in [1.54, 1.807) is 7.11 Å². The molecule has 0 unspecified atom stereocenters. The number of ether oxygens (including phenoxy) is 1. The van der Waals surface area contributed by atoms with Crippen molar-refractivity contribution >= 4 is 16.7 Å². The summed E-state index contributed by atoms with van der Waals surface area (Å²) >= 11 is 0. The Hall–Kier alpha value is -4.16.